The lowest BCUT2D eigenvalue weighted by Gasteiger charge is -2.41. The third kappa shape index (κ3) is 3.39. The van der Waals surface area contributed by atoms with E-state index < -0.39 is 0 Å². The number of carbonyl (C=O) groups excluding carboxylic acids is 1. The number of hydrogen-bond donors (Lipinski definition) is 0. The first-order valence-corrected chi connectivity index (χ1v) is 9.45. The molecule has 4 heteroatoms. The smallest absolute Gasteiger partial charge is 0.256 e. The van der Waals surface area contributed by atoms with E-state index in [9.17, 15) is 4.79 Å². The Bertz CT molecular complexity index is 613. The predicted octanol–water partition coefficient (Wildman–Crippen LogP) is 3.14. The van der Waals surface area contributed by atoms with Gasteiger partial charge in [0.25, 0.3) is 5.91 Å². The van der Waals surface area contributed by atoms with Gasteiger partial charge >= 0.3 is 0 Å². The zero-order chi connectivity index (χ0) is 16.4. The fraction of sp³-hybridized carbons (Fsp3) is 0.600. The lowest BCUT2D eigenvalue weighted by atomic mass is 9.75. The molecule has 2 unspecified atom stereocenters. The maximum atomic E-state index is 12.6. The lowest BCUT2D eigenvalue weighted by Crippen LogP contribution is -2.46. The molecule has 1 aromatic carbocycles. The van der Waals surface area contributed by atoms with Gasteiger partial charge in [-0.15, -0.1) is 0 Å². The highest BCUT2D eigenvalue weighted by Crippen LogP contribution is 2.35. The van der Waals surface area contributed by atoms with Crippen LogP contribution in [0.4, 0.5) is 0 Å². The minimum atomic E-state index is 0.162. The summed E-state index contributed by atoms with van der Waals surface area (Å²) in [7, 11) is 0. The SMILES string of the molecule is O=C(CN1CCC2CCCCC2C1)N1CCC(c2ccccc2)=N1. The van der Waals surface area contributed by atoms with Crippen LogP contribution in [0.5, 0.6) is 0 Å². The molecular weight excluding hydrogens is 298 g/mol. The van der Waals surface area contributed by atoms with Crippen LogP contribution in [0.1, 0.15) is 44.1 Å². The number of hydrazone groups is 1. The summed E-state index contributed by atoms with van der Waals surface area (Å²) in [6, 6.07) is 10.2. The van der Waals surface area contributed by atoms with Crippen molar-refractivity contribution in [3.05, 3.63) is 35.9 Å². The molecule has 0 N–H and O–H groups in total. The summed E-state index contributed by atoms with van der Waals surface area (Å²) in [5.41, 5.74) is 2.17. The second kappa shape index (κ2) is 7.06. The standard InChI is InChI=1S/C20H27N3O/c24-20(15-22-12-10-16-6-4-5-9-18(16)14-22)23-13-11-19(21-23)17-7-2-1-3-8-17/h1-3,7-8,16,18H,4-6,9-15H2. The fourth-order valence-electron chi connectivity index (χ4n) is 4.56. The normalized spacial score (nSPS) is 27.7. The second-order valence-corrected chi connectivity index (χ2v) is 7.51. The van der Waals surface area contributed by atoms with E-state index in [0.717, 1.165) is 49.2 Å². The van der Waals surface area contributed by atoms with Gasteiger partial charge in [-0.2, -0.15) is 5.10 Å². The molecule has 0 radical (unpaired) electrons. The third-order valence-electron chi connectivity index (χ3n) is 5.93. The van der Waals surface area contributed by atoms with Crippen LogP contribution in [0.15, 0.2) is 35.4 Å². The van der Waals surface area contributed by atoms with Crippen molar-refractivity contribution < 1.29 is 4.79 Å². The number of hydrogen-bond acceptors (Lipinski definition) is 3. The molecule has 2 heterocycles. The highest BCUT2D eigenvalue weighted by molar-refractivity contribution is 6.02. The van der Waals surface area contributed by atoms with Crippen LogP contribution in [0.2, 0.25) is 0 Å². The molecule has 4 rings (SSSR count). The number of nitrogens with zero attached hydrogens (tertiary/aromatic N) is 3. The Hall–Kier alpha value is -1.68. The molecule has 3 aliphatic rings. The van der Waals surface area contributed by atoms with Crippen molar-refractivity contribution in [2.24, 2.45) is 16.9 Å². The monoisotopic (exact) mass is 325 g/mol. The highest BCUT2D eigenvalue weighted by Gasteiger charge is 2.32. The number of piperidine rings is 1. The number of fused-ring (bicyclic) bond motifs is 1. The van der Waals surface area contributed by atoms with E-state index in [2.05, 4.69) is 22.1 Å². The van der Waals surface area contributed by atoms with Crippen LogP contribution in [0.3, 0.4) is 0 Å². The lowest BCUT2D eigenvalue weighted by molar-refractivity contribution is -0.132. The Morgan fingerprint density at radius 3 is 2.67 bits per heavy atom. The van der Waals surface area contributed by atoms with Gasteiger partial charge in [0.1, 0.15) is 0 Å². The molecule has 2 aliphatic heterocycles. The van der Waals surface area contributed by atoms with Gasteiger partial charge in [0, 0.05) is 13.0 Å². The molecule has 1 aromatic rings. The molecule has 2 fully saturated rings. The first-order chi connectivity index (χ1) is 11.8. The van der Waals surface area contributed by atoms with E-state index in [0.29, 0.717) is 6.54 Å². The van der Waals surface area contributed by atoms with Crippen molar-refractivity contribution in [1.82, 2.24) is 9.91 Å². The van der Waals surface area contributed by atoms with Crippen molar-refractivity contribution in [3.8, 4) is 0 Å². The maximum absolute atomic E-state index is 12.6. The van der Waals surface area contributed by atoms with Crippen molar-refractivity contribution >= 4 is 11.6 Å². The maximum Gasteiger partial charge on any atom is 0.256 e. The molecule has 4 nitrogen and oxygen atoms in total. The summed E-state index contributed by atoms with van der Waals surface area (Å²) < 4.78 is 0. The van der Waals surface area contributed by atoms with E-state index in [-0.39, 0.29) is 5.91 Å². The van der Waals surface area contributed by atoms with Gasteiger partial charge in [0.15, 0.2) is 0 Å². The number of benzene rings is 1. The van der Waals surface area contributed by atoms with Crippen LogP contribution < -0.4 is 0 Å². The molecule has 2 atom stereocenters. The Labute approximate surface area is 144 Å². The number of amides is 1. The second-order valence-electron chi connectivity index (χ2n) is 7.51. The topological polar surface area (TPSA) is 35.9 Å². The minimum absolute atomic E-state index is 0.162. The Balaban J connectivity index is 1.34. The van der Waals surface area contributed by atoms with Gasteiger partial charge in [-0.05, 0) is 36.8 Å². The highest BCUT2D eigenvalue weighted by atomic mass is 16.2. The number of rotatable bonds is 3. The van der Waals surface area contributed by atoms with E-state index in [1.54, 1.807) is 5.01 Å². The Kier molecular flexibility index (Phi) is 4.65. The summed E-state index contributed by atoms with van der Waals surface area (Å²) >= 11 is 0. The third-order valence-corrected chi connectivity index (χ3v) is 5.93. The minimum Gasteiger partial charge on any atom is -0.294 e. The molecule has 24 heavy (non-hydrogen) atoms. The Morgan fingerprint density at radius 2 is 1.83 bits per heavy atom. The van der Waals surface area contributed by atoms with E-state index in [4.69, 9.17) is 0 Å². The summed E-state index contributed by atoms with van der Waals surface area (Å²) in [6.07, 6.45) is 7.68. The van der Waals surface area contributed by atoms with Crippen molar-refractivity contribution in [2.45, 2.75) is 38.5 Å². The van der Waals surface area contributed by atoms with Gasteiger partial charge in [-0.25, -0.2) is 5.01 Å². The van der Waals surface area contributed by atoms with Crippen molar-refractivity contribution in [1.29, 1.82) is 0 Å². The van der Waals surface area contributed by atoms with E-state index in [1.165, 1.54) is 32.1 Å². The quantitative estimate of drug-likeness (QED) is 0.856. The molecule has 128 valence electrons. The number of likely N-dealkylation sites (tertiary alicyclic amines) is 1. The fourth-order valence-corrected chi connectivity index (χ4v) is 4.56. The first-order valence-electron chi connectivity index (χ1n) is 9.45. The van der Waals surface area contributed by atoms with Gasteiger partial charge in [0.05, 0.1) is 18.8 Å². The summed E-state index contributed by atoms with van der Waals surface area (Å²) in [6.45, 7) is 3.45. The molecule has 1 saturated carbocycles. The summed E-state index contributed by atoms with van der Waals surface area (Å²) in [5, 5.41) is 6.27. The zero-order valence-corrected chi connectivity index (χ0v) is 14.4. The molecular formula is C20H27N3O. The van der Waals surface area contributed by atoms with Gasteiger partial charge < -0.3 is 0 Å². The Morgan fingerprint density at radius 1 is 1.04 bits per heavy atom. The molecule has 0 aromatic heterocycles. The van der Waals surface area contributed by atoms with Crippen molar-refractivity contribution in [2.75, 3.05) is 26.2 Å². The van der Waals surface area contributed by atoms with E-state index in [1.807, 2.05) is 18.2 Å². The average molecular weight is 325 g/mol. The first kappa shape index (κ1) is 15.8. The predicted molar refractivity (Wildman–Crippen MR) is 95.8 cm³/mol. The van der Waals surface area contributed by atoms with Gasteiger partial charge in [0.2, 0.25) is 0 Å². The zero-order valence-electron chi connectivity index (χ0n) is 14.4. The van der Waals surface area contributed by atoms with Gasteiger partial charge in [-0.3, -0.25) is 9.69 Å². The molecule has 1 aliphatic carbocycles. The average Bonchev–Trinajstić information content (AvgIpc) is 3.13. The summed E-state index contributed by atoms with van der Waals surface area (Å²) in [5.74, 6) is 1.90. The molecule has 0 bridgehead atoms. The van der Waals surface area contributed by atoms with Crippen LogP contribution in [0.25, 0.3) is 0 Å². The van der Waals surface area contributed by atoms with Crippen LogP contribution in [0, 0.1) is 11.8 Å². The van der Waals surface area contributed by atoms with E-state index >= 15 is 0 Å². The van der Waals surface area contributed by atoms with Crippen molar-refractivity contribution in [3.63, 3.8) is 0 Å². The van der Waals surface area contributed by atoms with Gasteiger partial charge in [-0.1, -0.05) is 49.6 Å². The molecule has 0 spiro atoms. The van der Waals surface area contributed by atoms with Crippen LogP contribution >= 0.6 is 0 Å². The number of carbonyl (C=O) groups is 1. The molecule has 1 saturated heterocycles. The largest absolute Gasteiger partial charge is 0.294 e. The van der Waals surface area contributed by atoms with Crippen LogP contribution in [-0.2, 0) is 4.79 Å². The molecule has 1 amide bonds. The summed E-state index contributed by atoms with van der Waals surface area (Å²) in [4.78, 5) is 15.0. The van der Waals surface area contributed by atoms with Crippen LogP contribution in [-0.4, -0.2) is 47.7 Å².